The molecule has 82 valence electrons. The summed E-state index contributed by atoms with van der Waals surface area (Å²) in [7, 11) is 0. The lowest BCUT2D eigenvalue weighted by Gasteiger charge is -2.29. The number of nitrogens with zero attached hydrogens (tertiary/aromatic N) is 1. The molecule has 0 radical (unpaired) electrons. The van der Waals surface area contributed by atoms with Crippen molar-refractivity contribution in [1.29, 1.82) is 0 Å². The Labute approximate surface area is 86.1 Å². The Hall–Kier alpha value is -0.570. The smallest absolute Gasteiger partial charge is 0.306 e. The third-order valence-electron chi connectivity index (χ3n) is 3.01. The van der Waals surface area contributed by atoms with Crippen LogP contribution in [0.2, 0.25) is 0 Å². The summed E-state index contributed by atoms with van der Waals surface area (Å²) >= 11 is 0. The third kappa shape index (κ3) is 3.66. The fourth-order valence-corrected chi connectivity index (χ4v) is 1.99. The molecule has 0 aromatic heterocycles. The topological polar surface area (TPSA) is 40.5 Å². The Morgan fingerprint density at radius 1 is 1.36 bits per heavy atom. The van der Waals surface area contributed by atoms with Crippen LogP contribution in [0.15, 0.2) is 0 Å². The molecule has 1 aliphatic heterocycles. The summed E-state index contributed by atoms with van der Waals surface area (Å²) in [6.07, 6.45) is 5.47. The lowest BCUT2D eigenvalue weighted by molar-refractivity contribution is -0.143. The highest BCUT2D eigenvalue weighted by molar-refractivity contribution is 5.70. The molecular formula is C11H21NO2. The van der Waals surface area contributed by atoms with Gasteiger partial charge in [0.1, 0.15) is 0 Å². The lowest BCUT2D eigenvalue weighted by atomic mass is 9.97. The molecule has 0 aromatic carbocycles. The second-order valence-corrected chi connectivity index (χ2v) is 4.16. The van der Waals surface area contributed by atoms with Crippen molar-refractivity contribution in [3.05, 3.63) is 0 Å². The highest BCUT2D eigenvalue weighted by atomic mass is 16.4. The SMILES string of the molecule is CCCCCN1CCC(C(=O)O)CC1. The molecule has 3 nitrogen and oxygen atoms in total. The molecule has 0 atom stereocenters. The van der Waals surface area contributed by atoms with E-state index >= 15 is 0 Å². The maximum Gasteiger partial charge on any atom is 0.306 e. The molecule has 1 rings (SSSR count). The van der Waals surface area contributed by atoms with Crippen molar-refractivity contribution in [3.63, 3.8) is 0 Å². The molecule has 14 heavy (non-hydrogen) atoms. The maximum absolute atomic E-state index is 10.7. The Balaban J connectivity index is 2.12. The van der Waals surface area contributed by atoms with Gasteiger partial charge in [-0.2, -0.15) is 0 Å². The van der Waals surface area contributed by atoms with Crippen molar-refractivity contribution >= 4 is 5.97 Å². The average Bonchev–Trinajstić information content (AvgIpc) is 2.19. The van der Waals surface area contributed by atoms with Gasteiger partial charge in [0.25, 0.3) is 0 Å². The van der Waals surface area contributed by atoms with Gasteiger partial charge in [-0.15, -0.1) is 0 Å². The highest BCUT2D eigenvalue weighted by Gasteiger charge is 2.23. The summed E-state index contributed by atoms with van der Waals surface area (Å²) in [4.78, 5) is 13.1. The second kappa shape index (κ2) is 6.02. The van der Waals surface area contributed by atoms with Crippen molar-refractivity contribution in [1.82, 2.24) is 4.90 Å². The van der Waals surface area contributed by atoms with Crippen LogP contribution in [0.4, 0.5) is 0 Å². The van der Waals surface area contributed by atoms with E-state index in [9.17, 15) is 4.79 Å². The minimum absolute atomic E-state index is 0.0857. The first-order valence-electron chi connectivity index (χ1n) is 5.69. The van der Waals surface area contributed by atoms with Gasteiger partial charge >= 0.3 is 5.97 Å². The van der Waals surface area contributed by atoms with Crippen LogP contribution < -0.4 is 0 Å². The van der Waals surface area contributed by atoms with E-state index in [1.807, 2.05) is 0 Å². The zero-order valence-electron chi connectivity index (χ0n) is 9.04. The molecule has 0 spiro atoms. The number of piperidine rings is 1. The van der Waals surface area contributed by atoms with Gasteiger partial charge in [-0.05, 0) is 38.9 Å². The number of likely N-dealkylation sites (tertiary alicyclic amines) is 1. The van der Waals surface area contributed by atoms with E-state index in [4.69, 9.17) is 5.11 Å². The minimum atomic E-state index is -0.613. The minimum Gasteiger partial charge on any atom is -0.481 e. The second-order valence-electron chi connectivity index (χ2n) is 4.16. The van der Waals surface area contributed by atoms with Crippen LogP contribution in [-0.2, 0) is 4.79 Å². The van der Waals surface area contributed by atoms with Gasteiger partial charge in [0, 0.05) is 0 Å². The highest BCUT2D eigenvalue weighted by Crippen LogP contribution is 2.17. The van der Waals surface area contributed by atoms with Crippen molar-refractivity contribution < 1.29 is 9.90 Å². The van der Waals surface area contributed by atoms with E-state index in [1.54, 1.807) is 0 Å². The van der Waals surface area contributed by atoms with Crippen molar-refractivity contribution in [2.24, 2.45) is 5.92 Å². The molecule has 1 fully saturated rings. The van der Waals surface area contributed by atoms with Crippen LogP contribution in [0.5, 0.6) is 0 Å². The number of carboxylic acid groups (broad SMARTS) is 1. The van der Waals surface area contributed by atoms with Crippen molar-refractivity contribution in [2.45, 2.75) is 39.0 Å². The summed E-state index contributed by atoms with van der Waals surface area (Å²) in [5.74, 6) is -0.698. The molecule has 3 heteroatoms. The van der Waals surface area contributed by atoms with Crippen LogP contribution in [0.1, 0.15) is 39.0 Å². The van der Waals surface area contributed by atoms with Crippen molar-refractivity contribution in [2.75, 3.05) is 19.6 Å². The molecule has 1 saturated heterocycles. The zero-order valence-corrected chi connectivity index (χ0v) is 9.04. The van der Waals surface area contributed by atoms with Gasteiger partial charge in [-0.1, -0.05) is 19.8 Å². The lowest BCUT2D eigenvalue weighted by Crippen LogP contribution is -2.36. The maximum atomic E-state index is 10.7. The predicted molar refractivity (Wildman–Crippen MR) is 56.3 cm³/mol. The molecule has 0 amide bonds. The van der Waals surface area contributed by atoms with Gasteiger partial charge in [-0.25, -0.2) is 0 Å². The van der Waals surface area contributed by atoms with E-state index in [0.717, 1.165) is 32.5 Å². The van der Waals surface area contributed by atoms with Gasteiger partial charge in [0.05, 0.1) is 5.92 Å². The first kappa shape index (κ1) is 11.5. The number of rotatable bonds is 5. The molecule has 0 saturated carbocycles. The molecule has 1 aliphatic rings. The van der Waals surface area contributed by atoms with E-state index in [0.29, 0.717) is 0 Å². The Kier molecular flexibility index (Phi) is 4.94. The molecule has 1 N–H and O–H groups in total. The number of unbranched alkanes of at least 4 members (excludes halogenated alkanes) is 2. The van der Waals surface area contributed by atoms with E-state index in [2.05, 4.69) is 11.8 Å². The van der Waals surface area contributed by atoms with Gasteiger partial charge < -0.3 is 10.0 Å². The Morgan fingerprint density at radius 3 is 2.50 bits per heavy atom. The summed E-state index contributed by atoms with van der Waals surface area (Å²) in [5, 5.41) is 8.82. The Morgan fingerprint density at radius 2 is 2.00 bits per heavy atom. The molecule has 0 aromatic rings. The van der Waals surface area contributed by atoms with Crippen LogP contribution in [0, 0.1) is 5.92 Å². The first-order chi connectivity index (χ1) is 6.74. The normalized spacial score (nSPS) is 19.8. The number of aliphatic carboxylic acids is 1. The van der Waals surface area contributed by atoms with E-state index in [1.165, 1.54) is 19.3 Å². The van der Waals surface area contributed by atoms with Gasteiger partial charge in [0.2, 0.25) is 0 Å². The first-order valence-corrected chi connectivity index (χ1v) is 5.69. The van der Waals surface area contributed by atoms with Crippen LogP contribution in [0.3, 0.4) is 0 Å². The standard InChI is InChI=1S/C11H21NO2/c1-2-3-4-7-12-8-5-10(6-9-12)11(13)14/h10H,2-9H2,1H3,(H,13,14). The fraction of sp³-hybridized carbons (Fsp3) is 0.909. The van der Waals surface area contributed by atoms with Gasteiger partial charge in [0.15, 0.2) is 0 Å². The predicted octanol–water partition coefficient (Wildman–Crippen LogP) is 1.97. The molecule has 0 aliphatic carbocycles. The summed E-state index contributed by atoms with van der Waals surface area (Å²) in [5.41, 5.74) is 0. The number of carboxylic acids is 1. The monoisotopic (exact) mass is 199 g/mol. The van der Waals surface area contributed by atoms with Crippen LogP contribution >= 0.6 is 0 Å². The average molecular weight is 199 g/mol. The van der Waals surface area contributed by atoms with Gasteiger partial charge in [-0.3, -0.25) is 4.79 Å². The van der Waals surface area contributed by atoms with Crippen LogP contribution in [0.25, 0.3) is 0 Å². The van der Waals surface area contributed by atoms with Crippen LogP contribution in [-0.4, -0.2) is 35.6 Å². The molecular weight excluding hydrogens is 178 g/mol. The number of hydrogen-bond acceptors (Lipinski definition) is 2. The summed E-state index contributed by atoms with van der Waals surface area (Å²) in [6.45, 7) is 5.30. The number of carbonyl (C=O) groups is 1. The fourth-order valence-electron chi connectivity index (χ4n) is 1.99. The zero-order chi connectivity index (χ0) is 10.4. The number of hydrogen-bond donors (Lipinski definition) is 1. The third-order valence-corrected chi connectivity index (χ3v) is 3.01. The van der Waals surface area contributed by atoms with Crippen molar-refractivity contribution in [3.8, 4) is 0 Å². The van der Waals surface area contributed by atoms with E-state index in [-0.39, 0.29) is 5.92 Å². The summed E-state index contributed by atoms with van der Waals surface area (Å²) in [6, 6.07) is 0. The quantitative estimate of drug-likeness (QED) is 0.688. The molecule has 0 bridgehead atoms. The Bertz CT molecular complexity index is 174. The van der Waals surface area contributed by atoms with E-state index < -0.39 is 5.97 Å². The largest absolute Gasteiger partial charge is 0.481 e. The molecule has 1 heterocycles. The molecule has 0 unspecified atom stereocenters. The summed E-state index contributed by atoms with van der Waals surface area (Å²) < 4.78 is 0.